The first-order valence-corrected chi connectivity index (χ1v) is 12.6. The molecule has 0 fully saturated rings. The summed E-state index contributed by atoms with van der Waals surface area (Å²) in [6.07, 6.45) is 2.39. The third-order valence-corrected chi connectivity index (χ3v) is 6.63. The molecule has 3 aromatic rings. The molecule has 0 unspecified atom stereocenters. The van der Waals surface area contributed by atoms with Gasteiger partial charge in [0.05, 0.1) is 18.8 Å². The van der Waals surface area contributed by atoms with E-state index in [1.807, 2.05) is 45.0 Å². The molecule has 8 nitrogen and oxygen atoms in total. The van der Waals surface area contributed by atoms with E-state index < -0.39 is 4.75 Å². The zero-order valence-corrected chi connectivity index (χ0v) is 21.7. The van der Waals surface area contributed by atoms with Gasteiger partial charge in [-0.1, -0.05) is 20.3 Å². The highest BCUT2D eigenvalue weighted by atomic mass is 32.2. The maximum absolute atomic E-state index is 13.2. The van der Waals surface area contributed by atoms with E-state index in [4.69, 9.17) is 14.5 Å². The van der Waals surface area contributed by atoms with Crippen LogP contribution in [-0.4, -0.2) is 43.3 Å². The minimum Gasteiger partial charge on any atom is -0.492 e. The lowest BCUT2D eigenvalue weighted by Gasteiger charge is -2.21. The van der Waals surface area contributed by atoms with Gasteiger partial charge in [0, 0.05) is 18.4 Å². The van der Waals surface area contributed by atoms with Gasteiger partial charge in [-0.15, -0.1) is 11.8 Å². The molecule has 0 spiro atoms. The Hall–Kier alpha value is -2.81. The van der Waals surface area contributed by atoms with Gasteiger partial charge < -0.3 is 9.47 Å². The standard InChI is InChI=1S/C25H34N4O4S/c1-7-10-19-21-22(28(6)27-19)23(30)29(20(8-2)26-21)15-16-33-17-11-13-18(14-12-17)34-25(4,5)24(31)32-9-3/h11-14H,7-10,15-16H2,1-6H3. The van der Waals surface area contributed by atoms with Gasteiger partial charge in [0.15, 0.2) is 5.52 Å². The second kappa shape index (κ2) is 11.1. The first-order chi connectivity index (χ1) is 16.2. The summed E-state index contributed by atoms with van der Waals surface area (Å²) in [5.41, 5.74) is 2.03. The van der Waals surface area contributed by atoms with Gasteiger partial charge in [0.2, 0.25) is 0 Å². The van der Waals surface area contributed by atoms with Gasteiger partial charge in [-0.25, -0.2) is 4.98 Å². The topological polar surface area (TPSA) is 88.2 Å². The molecule has 0 N–H and O–H groups in total. The molecule has 2 heterocycles. The number of rotatable bonds is 11. The third kappa shape index (κ3) is 5.63. The fraction of sp³-hybridized carbons (Fsp3) is 0.520. The lowest BCUT2D eigenvalue weighted by atomic mass is 10.2. The lowest BCUT2D eigenvalue weighted by Crippen LogP contribution is -2.29. The number of benzene rings is 1. The maximum atomic E-state index is 13.2. The monoisotopic (exact) mass is 486 g/mol. The van der Waals surface area contributed by atoms with Crippen molar-refractivity contribution in [2.45, 2.75) is 70.1 Å². The maximum Gasteiger partial charge on any atom is 0.321 e. The summed E-state index contributed by atoms with van der Waals surface area (Å²) in [5, 5.41) is 4.52. The Labute approximate surface area is 204 Å². The highest BCUT2D eigenvalue weighted by Crippen LogP contribution is 2.34. The van der Waals surface area contributed by atoms with Crippen molar-refractivity contribution in [1.29, 1.82) is 0 Å². The van der Waals surface area contributed by atoms with Crippen molar-refractivity contribution in [2.75, 3.05) is 13.2 Å². The van der Waals surface area contributed by atoms with E-state index in [1.165, 1.54) is 11.8 Å². The number of ether oxygens (including phenoxy) is 2. The van der Waals surface area contributed by atoms with Crippen molar-refractivity contribution >= 4 is 28.8 Å². The first kappa shape index (κ1) is 25.8. The SMILES string of the molecule is CCCc1nn(C)c2c(=O)n(CCOc3ccc(SC(C)(C)C(=O)OCC)cc3)c(CC)nc12. The Morgan fingerprint density at radius 3 is 2.47 bits per heavy atom. The predicted molar refractivity (Wildman–Crippen MR) is 135 cm³/mol. The van der Waals surface area contributed by atoms with E-state index >= 15 is 0 Å². The Bertz CT molecular complexity index is 1200. The number of esters is 1. The molecular formula is C25H34N4O4S. The second-order valence-electron chi connectivity index (χ2n) is 8.51. The molecule has 0 saturated heterocycles. The molecule has 9 heteroatoms. The van der Waals surface area contributed by atoms with Crippen molar-refractivity contribution in [2.24, 2.45) is 7.05 Å². The fourth-order valence-electron chi connectivity index (χ4n) is 3.77. The van der Waals surface area contributed by atoms with E-state index in [1.54, 1.807) is 23.2 Å². The van der Waals surface area contributed by atoms with E-state index in [0.29, 0.717) is 43.0 Å². The van der Waals surface area contributed by atoms with E-state index in [2.05, 4.69) is 12.0 Å². The van der Waals surface area contributed by atoms with E-state index in [9.17, 15) is 9.59 Å². The molecule has 34 heavy (non-hydrogen) atoms. The summed E-state index contributed by atoms with van der Waals surface area (Å²) >= 11 is 1.45. The van der Waals surface area contributed by atoms with Crippen LogP contribution in [0.1, 0.15) is 52.6 Å². The van der Waals surface area contributed by atoms with Crippen LogP contribution in [0, 0.1) is 0 Å². The first-order valence-electron chi connectivity index (χ1n) is 11.8. The number of hydrogen-bond donors (Lipinski definition) is 0. The van der Waals surface area contributed by atoms with Crippen LogP contribution in [0.15, 0.2) is 34.0 Å². The molecule has 0 saturated carbocycles. The van der Waals surface area contributed by atoms with Crippen molar-refractivity contribution < 1.29 is 14.3 Å². The summed E-state index contributed by atoms with van der Waals surface area (Å²) in [7, 11) is 1.79. The summed E-state index contributed by atoms with van der Waals surface area (Å²) < 4.78 is 13.7. The van der Waals surface area contributed by atoms with Gasteiger partial charge >= 0.3 is 5.97 Å². The Balaban J connectivity index is 1.70. The van der Waals surface area contributed by atoms with Crippen LogP contribution in [0.5, 0.6) is 5.75 Å². The molecule has 0 atom stereocenters. The molecule has 0 aliphatic carbocycles. The van der Waals surface area contributed by atoms with E-state index in [-0.39, 0.29) is 11.5 Å². The normalized spacial score (nSPS) is 11.7. The van der Waals surface area contributed by atoms with Gasteiger partial charge in [-0.05, 0) is 51.5 Å². The number of nitrogens with zero attached hydrogens (tertiary/aromatic N) is 4. The summed E-state index contributed by atoms with van der Waals surface area (Å²) in [6.45, 7) is 10.7. The van der Waals surface area contributed by atoms with Crippen molar-refractivity contribution in [3.8, 4) is 5.75 Å². The fourth-order valence-corrected chi connectivity index (χ4v) is 4.77. The zero-order valence-electron chi connectivity index (χ0n) is 20.9. The predicted octanol–water partition coefficient (Wildman–Crippen LogP) is 4.16. The highest BCUT2D eigenvalue weighted by Gasteiger charge is 2.30. The minimum atomic E-state index is -0.676. The van der Waals surface area contributed by atoms with Gasteiger partial charge in [-0.3, -0.25) is 18.8 Å². The number of carbonyl (C=O) groups is 1. The van der Waals surface area contributed by atoms with Crippen LogP contribution in [-0.2, 0) is 36.0 Å². The molecule has 2 aromatic heterocycles. The van der Waals surface area contributed by atoms with Gasteiger partial charge in [0.1, 0.15) is 28.4 Å². The van der Waals surface area contributed by atoms with Gasteiger partial charge in [0.25, 0.3) is 5.56 Å². The Kier molecular flexibility index (Phi) is 8.41. The average Bonchev–Trinajstić information content (AvgIpc) is 3.11. The molecule has 0 aliphatic heterocycles. The number of aryl methyl sites for hydroxylation is 3. The highest BCUT2D eigenvalue weighted by molar-refractivity contribution is 8.01. The van der Waals surface area contributed by atoms with Crippen molar-refractivity contribution in [1.82, 2.24) is 19.3 Å². The number of hydrogen-bond acceptors (Lipinski definition) is 7. The second-order valence-corrected chi connectivity index (χ2v) is 10.2. The number of carbonyl (C=O) groups excluding carboxylic acids is 1. The molecule has 0 amide bonds. The van der Waals surface area contributed by atoms with Crippen LogP contribution in [0.4, 0.5) is 0 Å². The van der Waals surface area contributed by atoms with Crippen LogP contribution >= 0.6 is 11.8 Å². The molecule has 184 valence electrons. The lowest BCUT2D eigenvalue weighted by molar-refractivity contribution is -0.145. The average molecular weight is 487 g/mol. The minimum absolute atomic E-state index is 0.0873. The molecule has 0 aliphatic rings. The van der Waals surface area contributed by atoms with Crippen LogP contribution in [0.2, 0.25) is 0 Å². The summed E-state index contributed by atoms with van der Waals surface area (Å²) in [5.74, 6) is 1.20. The zero-order chi connectivity index (χ0) is 24.9. The number of thioether (sulfide) groups is 1. The van der Waals surface area contributed by atoms with E-state index in [0.717, 1.165) is 29.3 Å². The largest absolute Gasteiger partial charge is 0.492 e. The summed E-state index contributed by atoms with van der Waals surface area (Å²) in [4.78, 5) is 31.1. The van der Waals surface area contributed by atoms with Crippen LogP contribution in [0.25, 0.3) is 11.0 Å². The van der Waals surface area contributed by atoms with Crippen molar-refractivity contribution in [3.05, 3.63) is 46.1 Å². The summed E-state index contributed by atoms with van der Waals surface area (Å²) in [6, 6.07) is 7.57. The molecular weight excluding hydrogens is 452 g/mol. The molecule has 0 radical (unpaired) electrons. The Morgan fingerprint density at radius 1 is 1.15 bits per heavy atom. The number of fused-ring (bicyclic) bond motifs is 1. The third-order valence-electron chi connectivity index (χ3n) is 5.44. The van der Waals surface area contributed by atoms with Crippen LogP contribution in [0.3, 0.4) is 0 Å². The van der Waals surface area contributed by atoms with Crippen molar-refractivity contribution in [3.63, 3.8) is 0 Å². The van der Waals surface area contributed by atoms with Gasteiger partial charge in [-0.2, -0.15) is 5.10 Å². The smallest absolute Gasteiger partial charge is 0.321 e. The molecule has 3 rings (SSSR count). The molecule has 0 bridgehead atoms. The Morgan fingerprint density at radius 2 is 1.85 bits per heavy atom. The number of aromatic nitrogens is 4. The quantitative estimate of drug-likeness (QED) is 0.297. The molecule has 1 aromatic carbocycles. The van der Waals surface area contributed by atoms with Crippen LogP contribution < -0.4 is 10.3 Å².